The predicted octanol–water partition coefficient (Wildman–Crippen LogP) is 1.43. The van der Waals surface area contributed by atoms with E-state index in [2.05, 4.69) is 4.74 Å². The number of methoxy groups -OCH3 is 2. The number of benzene rings is 1. The molecule has 1 N–H and O–H groups in total. The quantitative estimate of drug-likeness (QED) is 0.488. The van der Waals surface area contributed by atoms with E-state index < -0.39 is 5.97 Å². The number of rotatable bonds is 5. The number of carbonyl (C=O) groups is 1. The summed E-state index contributed by atoms with van der Waals surface area (Å²) < 4.78 is 15.1. The first-order valence-electron chi connectivity index (χ1n) is 5.34. The first kappa shape index (κ1) is 14.1. The zero-order valence-electron chi connectivity index (χ0n) is 10.6. The van der Waals surface area contributed by atoms with Gasteiger partial charge in [0.1, 0.15) is 11.5 Å². The second-order valence-electron chi connectivity index (χ2n) is 3.48. The summed E-state index contributed by atoms with van der Waals surface area (Å²) in [5.41, 5.74) is 0.837. The van der Waals surface area contributed by atoms with Crippen molar-refractivity contribution in [3.8, 4) is 11.5 Å². The maximum absolute atomic E-state index is 11.4. The smallest absolute Gasteiger partial charge is 0.373 e. The van der Waals surface area contributed by atoms with Gasteiger partial charge in [0.25, 0.3) is 0 Å². The van der Waals surface area contributed by atoms with E-state index >= 15 is 0 Å². The minimum Gasteiger partial charge on any atom is -0.497 e. The summed E-state index contributed by atoms with van der Waals surface area (Å²) in [6.07, 6.45) is 1.24. The zero-order chi connectivity index (χ0) is 13.5. The van der Waals surface area contributed by atoms with Crippen molar-refractivity contribution < 1.29 is 24.1 Å². The van der Waals surface area contributed by atoms with Crippen molar-refractivity contribution in [1.82, 2.24) is 0 Å². The van der Waals surface area contributed by atoms with Crippen LogP contribution < -0.4 is 9.47 Å². The highest BCUT2D eigenvalue weighted by atomic mass is 16.6. The molecule has 0 radical (unpaired) electrons. The van der Waals surface area contributed by atoms with Crippen molar-refractivity contribution in [1.29, 1.82) is 0 Å². The maximum Gasteiger partial charge on any atom is 0.373 e. The third-order valence-electron chi connectivity index (χ3n) is 2.28. The lowest BCUT2D eigenvalue weighted by Gasteiger charge is -2.11. The fraction of sp³-hybridized carbons (Fsp3) is 0.308. The molecule has 5 heteroatoms. The molecule has 5 nitrogen and oxygen atoms in total. The molecule has 0 amide bonds. The van der Waals surface area contributed by atoms with Crippen LogP contribution in [-0.2, 0) is 9.53 Å². The predicted molar refractivity (Wildman–Crippen MR) is 65.5 cm³/mol. The largest absolute Gasteiger partial charge is 0.497 e. The van der Waals surface area contributed by atoms with Gasteiger partial charge >= 0.3 is 5.97 Å². The molecular weight excluding hydrogens is 236 g/mol. The van der Waals surface area contributed by atoms with Gasteiger partial charge in [0.2, 0.25) is 5.76 Å². The summed E-state index contributed by atoms with van der Waals surface area (Å²) in [6, 6.07) is 5.25. The van der Waals surface area contributed by atoms with Crippen molar-refractivity contribution >= 4 is 5.97 Å². The standard InChI is InChI=1S/C13H16O5/c1-9-4-5-10(16-2)8-12(9)18-11(6-7-14)13(15)17-3/h4-6,8,14H,7H2,1-3H3/b11-6-. The fourth-order valence-electron chi connectivity index (χ4n) is 1.29. The van der Waals surface area contributed by atoms with E-state index in [1.165, 1.54) is 13.2 Å². The van der Waals surface area contributed by atoms with Gasteiger partial charge in [-0.2, -0.15) is 0 Å². The number of aliphatic hydroxyl groups is 1. The molecule has 0 aliphatic heterocycles. The number of hydrogen-bond donors (Lipinski definition) is 1. The Kier molecular flexibility index (Phi) is 5.20. The summed E-state index contributed by atoms with van der Waals surface area (Å²) in [5, 5.41) is 8.84. The van der Waals surface area contributed by atoms with Crippen molar-refractivity contribution in [2.24, 2.45) is 0 Å². The van der Waals surface area contributed by atoms with E-state index in [-0.39, 0.29) is 12.4 Å². The van der Waals surface area contributed by atoms with Crippen LogP contribution in [0.1, 0.15) is 5.56 Å². The Morgan fingerprint density at radius 1 is 1.39 bits per heavy atom. The molecule has 1 aromatic rings. The third-order valence-corrected chi connectivity index (χ3v) is 2.28. The van der Waals surface area contributed by atoms with Gasteiger partial charge in [0.15, 0.2) is 0 Å². The van der Waals surface area contributed by atoms with Gasteiger partial charge in [-0.3, -0.25) is 0 Å². The van der Waals surface area contributed by atoms with E-state index in [1.54, 1.807) is 19.2 Å². The molecule has 0 saturated heterocycles. The Bertz CT molecular complexity index is 451. The van der Waals surface area contributed by atoms with Crippen LogP contribution in [0.15, 0.2) is 30.0 Å². The monoisotopic (exact) mass is 252 g/mol. The highest BCUT2D eigenvalue weighted by Gasteiger charge is 2.13. The average Bonchev–Trinajstić information content (AvgIpc) is 2.39. The summed E-state index contributed by atoms with van der Waals surface area (Å²) in [7, 11) is 2.79. The number of aliphatic hydroxyl groups excluding tert-OH is 1. The molecule has 0 bridgehead atoms. The van der Waals surface area contributed by atoms with Gasteiger partial charge in [0.05, 0.1) is 20.8 Å². The Balaban J connectivity index is 3.00. The van der Waals surface area contributed by atoms with Crippen LogP contribution in [0, 0.1) is 6.92 Å². The molecule has 0 heterocycles. The van der Waals surface area contributed by atoms with Gasteiger partial charge in [-0.05, 0) is 24.6 Å². The zero-order valence-corrected chi connectivity index (χ0v) is 10.6. The average molecular weight is 252 g/mol. The Labute approximate surface area is 106 Å². The molecule has 0 atom stereocenters. The summed E-state index contributed by atoms with van der Waals surface area (Å²) >= 11 is 0. The van der Waals surface area contributed by atoms with Crippen LogP contribution in [0.5, 0.6) is 11.5 Å². The highest BCUT2D eigenvalue weighted by molar-refractivity contribution is 5.86. The molecule has 0 spiro atoms. The lowest BCUT2D eigenvalue weighted by Crippen LogP contribution is -2.12. The van der Waals surface area contributed by atoms with Crippen molar-refractivity contribution in [3.05, 3.63) is 35.6 Å². The molecule has 0 fully saturated rings. The molecule has 98 valence electrons. The van der Waals surface area contributed by atoms with Crippen LogP contribution in [-0.4, -0.2) is 31.9 Å². The Morgan fingerprint density at radius 2 is 2.11 bits per heavy atom. The Morgan fingerprint density at radius 3 is 2.67 bits per heavy atom. The van der Waals surface area contributed by atoms with Gasteiger partial charge in [-0.25, -0.2) is 4.79 Å². The molecule has 1 aromatic carbocycles. The van der Waals surface area contributed by atoms with E-state index in [4.69, 9.17) is 14.6 Å². The van der Waals surface area contributed by atoms with Crippen LogP contribution in [0.4, 0.5) is 0 Å². The number of esters is 1. The lowest BCUT2D eigenvalue weighted by molar-refractivity contribution is -0.138. The first-order valence-corrected chi connectivity index (χ1v) is 5.34. The van der Waals surface area contributed by atoms with Crippen molar-refractivity contribution in [2.75, 3.05) is 20.8 Å². The second-order valence-corrected chi connectivity index (χ2v) is 3.48. The van der Waals surface area contributed by atoms with Crippen LogP contribution in [0.25, 0.3) is 0 Å². The minimum atomic E-state index is -0.647. The Hall–Kier alpha value is -2.01. The van der Waals surface area contributed by atoms with Gasteiger partial charge in [0, 0.05) is 6.07 Å². The van der Waals surface area contributed by atoms with Gasteiger partial charge < -0.3 is 19.3 Å². The molecule has 1 rings (SSSR count). The number of hydrogen-bond acceptors (Lipinski definition) is 5. The maximum atomic E-state index is 11.4. The highest BCUT2D eigenvalue weighted by Crippen LogP contribution is 2.25. The first-order chi connectivity index (χ1) is 8.62. The van der Waals surface area contributed by atoms with Crippen molar-refractivity contribution in [2.45, 2.75) is 6.92 Å². The third kappa shape index (κ3) is 3.49. The van der Waals surface area contributed by atoms with E-state index in [1.807, 2.05) is 13.0 Å². The lowest BCUT2D eigenvalue weighted by atomic mass is 10.2. The van der Waals surface area contributed by atoms with Gasteiger partial charge in [-0.1, -0.05) is 6.07 Å². The van der Waals surface area contributed by atoms with Crippen LogP contribution in [0.3, 0.4) is 0 Å². The summed E-state index contributed by atoms with van der Waals surface area (Å²) in [6.45, 7) is 1.52. The second kappa shape index (κ2) is 6.66. The SMILES string of the molecule is COC(=O)/C(=C/CO)Oc1cc(OC)ccc1C. The minimum absolute atomic E-state index is 0.0589. The van der Waals surface area contributed by atoms with Gasteiger partial charge in [-0.15, -0.1) is 0 Å². The number of ether oxygens (including phenoxy) is 3. The normalized spacial score (nSPS) is 11.0. The molecule has 0 aliphatic carbocycles. The molecule has 18 heavy (non-hydrogen) atoms. The molecule has 0 aliphatic rings. The molecular formula is C13H16O5. The molecule has 0 saturated carbocycles. The number of carbonyl (C=O) groups excluding carboxylic acids is 1. The summed E-state index contributed by atoms with van der Waals surface area (Å²) in [4.78, 5) is 11.4. The van der Waals surface area contributed by atoms with E-state index in [9.17, 15) is 4.79 Å². The van der Waals surface area contributed by atoms with E-state index in [0.29, 0.717) is 11.5 Å². The van der Waals surface area contributed by atoms with Crippen LogP contribution in [0.2, 0.25) is 0 Å². The van der Waals surface area contributed by atoms with Crippen molar-refractivity contribution in [3.63, 3.8) is 0 Å². The molecule has 0 aromatic heterocycles. The van der Waals surface area contributed by atoms with Crippen LogP contribution >= 0.6 is 0 Å². The topological polar surface area (TPSA) is 65.0 Å². The molecule has 0 unspecified atom stereocenters. The number of aryl methyl sites for hydroxylation is 1. The van der Waals surface area contributed by atoms with E-state index in [0.717, 1.165) is 5.56 Å². The fourth-order valence-corrected chi connectivity index (χ4v) is 1.29. The summed E-state index contributed by atoms with van der Waals surface area (Å²) in [5.74, 6) is 0.380.